The van der Waals surface area contributed by atoms with E-state index in [0.717, 1.165) is 11.1 Å². The molecule has 0 radical (unpaired) electrons. The second-order valence-electron chi connectivity index (χ2n) is 10.6. The van der Waals surface area contributed by atoms with Crippen LogP contribution in [0.5, 0.6) is 0 Å². The topological polar surface area (TPSA) is 121 Å². The molecule has 6 rings (SSSR count). The largest absolute Gasteiger partial charge is 0.465 e. The van der Waals surface area contributed by atoms with Crippen LogP contribution in [0.15, 0.2) is 84.9 Å². The normalized spacial score (nSPS) is 13.0. The molecule has 4 aromatic carbocycles. The van der Waals surface area contributed by atoms with Crippen LogP contribution in [0.25, 0.3) is 22.3 Å². The van der Waals surface area contributed by atoms with Gasteiger partial charge < -0.3 is 9.47 Å². The van der Waals surface area contributed by atoms with Gasteiger partial charge in [-0.25, -0.2) is 0 Å². The molecule has 8 heteroatoms. The number of rotatable bonds is 9. The molecular formula is C36H26O8. The Labute approximate surface area is 252 Å². The van der Waals surface area contributed by atoms with Crippen molar-refractivity contribution in [2.24, 2.45) is 0 Å². The maximum absolute atomic E-state index is 12.5. The monoisotopic (exact) mass is 586 g/mol. The summed E-state index contributed by atoms with van der Waals surface area (Å²) in [6.45, 7) is 0.188. The van der Waals surface area contributed by atoms with Gasteiger partial charge in [0.1, 0.15) is 0 Å². The number of carbonyl (C=O) groups excluding carboxylic acids is 6. The summed E-state index contributed by atoms with van der Waals surface area (Å²) in [7, 11) is 0. The second-order valence-corrected chi connectivity index (χ2v) is 10.6. The first-order valence-corrected chi connectivity index (χ1v) is 14.3. The number of benzene rings is 4. The highest BCUT2D eigenvalue weighted by molar-refractivity contribution is 6.53. The average Bonchev–Trinajstić information content (AvgIpc) is 3.05. The fourth-order valence-corrected chi connectivity index (χ4v) is 5.57. The molecular weight excluding hydrogens is 560 g/mol. The first kappa shape index (κ1) is 28.6. The molecule has 0 aliphatic heterocycles. The fourth-order valence-electron chi connectivity index (χ4n) is 5.57. The van der Waals surface area contributed by atoms with Gasteiger partial charge >= 0.3 is 11.9 Å². The molecule has 2 aliphatic rings. The van der Waals surface area contributed by atoms with Gasteiger partial charge in [-0.15, -0.1) is 0 Å². The molecule has 4 aromatic rings. The summed E-state index contributed by atoms with van der Waals surface area (Å²) in [5.41, 5.74) is 5.92. The molecule has 0 bridgehead atoms. The maximum Gasteiger partial charge on any atom is 0.306 e. The van der Waals surface area contributed by atoms with Gasteiger partial charge in [-0.05, 0) is 33.4 Å². The molecule has 0 heterocycles. The lowest BCUT2D eigenvalue weighted by molar-refractivity contribution is -0.150. The second kappa shape index (κ2) is 12.0. The van der Waals surface area contributed by atoms with Crippen LogP contribution < -0.4 is 0 Å². The Hall–Kier alpha value is -5.50. The Morgan fingerprint density at radius 1 is 0.432 bits per heavy atom. The van der Waals surface area contributed by atoms with E-state index in [1.54, 1.807) is 60.7 Å². The van der Waals surface area contributed by atoms with Crippen molar-refractivity contribution in [3.63, 3.8) is 0 Å². The molecule has 0 saturated heterocycles. The Morgan fingerprint density at radius 3 is 1.16 bits per heavy atom. The van der Waals surface area contributed by atoms with Crippen LogP contribution >= 0.6 is 0 Å². The number of carbonyl (C=O) groups is 6. The first-order valence-electron chi connectivity index (χ1n) is 14.3. The number of ether oxygens (including phenoxy) is 2. The zero-order valence-corrected chi connectivity index (χ0v) is 23.6. The Bertz CT molecular complexity index is 1750. The van der Waals surface area contributed by atoms with E-state index in [1.807, 2.05) is 24.3 Å². The standard InChI is InChI=1S/C36H26O8/c37-31(43-17-15-21-9-11-27-29(19-21)23-5-1-3-7-25(23)33(39)35(27)41)13-14-32(38)44-18-16-22-10-12-28-30(20-22)24-6-2-4-8-26(24)34(40)36(28)42/h1-12,19-20H,13-18H2. The maximum atomic E-state index is 12.5. The van der Waals surface area contributed by atoms with E-state index >= 15 is 0 Å². The minimum absolute atomic E-state index is 0.0940. The van der Waals surface area contributed by atoms with E-state index in [2.05, 4.69) is 0 Å². The molecule has 0 atom stereocenters. The smallest absolute Gasteiger partial charge is 0.306 e. The molecule has 0 aromatic heterocycles. The third kappa shape index (κ3) is 5.49. The molecule has 2 aliphatic carbocycles. The Balaban J connectivity index is 0.959. The molecule has 0 unspecified atom stereocenters. The average molecular weight is 587 g/mol. The molecule has 218 valence electrons. The number of hydrogen-bond donors (Lipinski definition) is 0. The Kier molecular flexibility index (Phi) is 7.81. The zero-order chi connectivity index (χ0) is 30.8. The van der Waals surface area contributed by atoms with Crippen LogP contribution in [0.4, 0.5) is 0 Å². The highest BCUT2D eigenvalue weighted by Gasteiger charge is 2.31. The summed E-state index contributed by atoms with van der Waals surface area (Å²) >= 11 is 0. The minimum Gasteiger partial charge on any atom is -0.465 e. The first-order chi connectivity index (χ1) is 21.3. The van der Waals surface area contributed by atoms with Crippen molar-refractivity contribution in [2.45, 2.75) is 25.7 Å². The predicted molar refractivity (Wildman–Crippen MR) is 160 cm³/mol. The summed E-state index contributed by atoms with van der Waals surface area (Å²) in [6, 6.07) is 24.3. The van der Waals surface area contributed by atoms with Crippen molar-refractivity contribution in [3.8, 4) is 22.3 Å². The molecule has 8 nitrogen and oxygen atoms in total. The van der Waals surface area contributed by atoms with Gasteiger partial charge in [0.25, 0.3) is 0 Å². The minimum atomic E-state index is -0.536. The Morgan fingerprint density at radius 2 is 0.773 bits per heavy atom. The molecule has 44 heavy (non-hydrogen) atoms. The van der Waals surface area contributed by atoms with Crippen molar-refractivity contribution in [2.75, 3.05) is 13.2 Å². The fraction of sp³-hybridized carbons (Fsp3) is 0.167. The van der Waals surface area contributed by atoms with Crippen LogP contribution in [-0.4, -0.2) is 48.3 Å². The SMILES string of the molecule is O=C(CCC(=O)OCCc1ccc2c(c1)-c1ccccc1C(=O)C2=O)OCCc1ccc2c(c1)-c1ccccc1C(=O)C2=O. The highest BCUT2D eigenvalue weighted by atomic mass is 16.5. The van der Waals surface area contributed by atoms with Gasteiger partial charge in [0, 0.05) is 35.1 Å². The van der Waals surface area contributed by atoms with Crippen LogP contribution in [0.3, 0.4) is 0 Å². The third-order valence-corrected chi connectivity index (χ3v) is 7.83. The van der Waals surface area contributed by atoms with Crippen molar-refractivity contribution in [1.29, 1.82) is 0 Å². The van der Waals surface area contributed by atoms with E-state index < -0.39 is 35.1 Å². The summed E-state index contributed by atoms with van der Waals surface area (Å²) in [5, 5.41) is 0. The van der Waals surface area contributed by atoms with Crippen molar-refractivity contribution in [1.82, 2.24) is 0 Å². The van der Waals surface area contributed by atoms with Crippen molar-refractivity contribution < 1.29 is 38.2 Å². The highest BCUT2D eigenvalue weighted by Crippen LogP contribution is 2.35. The lowest BCUT2D eigenvalue weighted by Gasteiger charge is -2.18. The summed E-state index contributed by atoms with van der Waals surface area (Å²) in [6.07, 6.45) is 0.551. The molecule has 0 N–H and O–H groups in total. The number of hydrogen-bond acceptors (Lipinski definition) is 8. The van der Waals surface area contributed by atoms with Gasteiger partial charge in [0.15, 0.2) is 0 Å². The van der Waals surface area contributed by atoms with Crippen LogP contribution in [0.1, 0.15) is 65.4 Å². The van der Waals surface area contributed by atoms with Gasteiger partial charge in [-0.1, -0.05) is 84.9 Å². The van der Waals surface area contributed by atoms with Gasteiger partial charge in [-0.3, -0.25) is 28.8 Å². The summed E-state index contributed by atoms with van der Waals surface area (Å²) in [5.74, 6) is -3.17. The zero-order valence-electron chi connectivity index (χ0n) is 23.6. The van der Waals surface area contributed by atoms with Crippen molar-refractivity contribution in [3.05, 3.63) is 118 Å². The van der Waals surface area contributed by atoms with Gasteiger partial charge in [-0.2, -0.15) is 0 Å². The van der Waals surface area contributed by atoms with Crippen LogP contribution in [0.2, 0.25) is 0 Å². The van der Waals surface area contributed by atoms with Gasteiger partial charge in [0.05, 0.1) is 26.1 Å². The summed E-state index contributed by atoms with van der Waals surface area (Å²) in [4.78, 5) is 74.2. The quantitative estimate of drug-likeness (QED) is 0.188. The van der Waals surface area contributed by atoms with Gasteiger partial charge in [0.2, 0.25) is 23.1 Å². The van der Waals surface area contributed by atoms with Crippen molar-refractivity contribution >= 4 is 35.1 Å². The van der Waals surface area contributed by atoms with Crippen LogP contribution in [0, 0.1) is 0 Å². The molecule has 0 saturated carbocycles. The number of fused-ring (bicyclic) bond motifs is 6. The molecule has 0 amide bonds. The molecule has 0 fully saturated rings. The predicted octanol–water partition coefficient (Wildman–Crippen LogP) is 5.43. The molecule has 0 spiro atoms. The number of esters is 2. The van der Waals surface area contributed by atoms with E-state index in [-0.39, 0.29) is 26.1 Å². The lowest BCUT2D eigenvalue weighted by atomic mass is 9.83. The van der Waals surface area contributed by atoms with E-state index in [9.17, 15) is 28.8 Å². The number of ketones is 4. The lowest BCUT2D eigenvalue weighted by Crippen LogP contribution is -2.21. The number of Topliss-reactive ketones (excluding diaryl/α,β-unsaturated/α-hetero) is 4. The van der Waals surface area contributed by atoms with E-state index in [0.29, 0.717) is 57.3 Å². The van der Waals surface area contributed by atoms with Crippen LogP contribution in [-0.2, 0) is 31.9 Å². The van der Waals surface area contributed by atoms with E-state index in [4.69, 9.17) is 9.47 Å². The van der Waals surface area contributed by atoms with E-state index in [1.165, 1.54) is 0 Å². The summed E-state index contributed by atoms with van der Waals surface area (Å²) < 4.78 is 10.6. The third-order valence-electron chi connectivity index (χ3n) is 7.83.